The summed E-state index contributed by atoms with van der Waals surface area (Å²) in [6.45, 7) is 0. The van der Waals surface area contributed by atoms with Crippen molar-refractivity contribution in [3.05, 3.63) is 50.3 Å². The van der Waals surface area contributed by atoms with Crippen molar-refractivity contribution in [3.8, 4) is 0 Å². The molecule has 0 radical (unpaired) electrons. The van der Waals surface area contributed by atoms with E-state index in [4.69, 9.17) is 0 Å². The van der Waals surface area contributed by atoms with Crippen LogP contribution >= 0.6 is 15.9 Å². The molecule has 0 amide bonds. The lowest BCUT2D eigenvalue weighted by Crippen LogP contribution is -2.26. The lowest BCUT2D eigenvalue weighted by molar-refractivity contribution is -0.582. The van der Waals surface area contributed by atoms with E-state index in [-0.39, 0.29) is 5.69 Å². The van der Waals surface area contributed by atoms with Crippen molar-refractivity contribution >= 4 is 32.5 Å². The monoisotopic (exact) mass is 268 g/mol. The Bertz CT molecular complexity index is 556. The fourth-order valence-corrected chi connectivity index (χ4v) is 1.81. The number of halogens is 1. The molecule has 0 unspecified atom stereocenters. The lowest BCUT2D eigenvalue weighted by atomic mass is 10.2. The van der Waals surface area contributed by atoms with Gasteiger partial charge < -0.3 is 5.21 Å². The summed E-state index contributed by atoms with van der Waals surface area (Å²) in [7, 11) is 0. The second kappa shape index (κ2) is 3.47. The predicted octanol–water partition coefficient (Wildman–Crippen LogP) is 2.14. The van der Waals surface area contributed by atoms with Crippen molar-refractivity contribution in [2.24, 2.45) is 0 Å². The molecule has 0 aliphatic rings. The van der Waals surface area contributed by atoms with Gasteiger partial charge in [-0.15, -0.1) is 0 Å². The Morgan fingerprint density at radius 1 is 1.40 bits per heavy atom. The van der Waals surface area contributed by atoms with Gasteiger partial charge in [-0.25, -0.2) is 0 Å². The highest BCUT2D eigenvalue weighted by Gasteiger charge is 2.15. The zero-order chi connectivity index (χ0) is 11.0. The Morgan fingerprint density at radius 3 is 2.80 bits per heavy atom. The highest BCUT2D eigenvalue weighted by atomic mass is 79.9. The SMILES string of the molecule is O=[N+]([O-])c1cc2c(Br)cccc2[n+]([O-])c1. The molecule has 76 valence electrons. The first-order chi connectivity index (χ1) is 7.09. The van der Waals surface area contributed by atoms with Gasteiger partial charge in [0.2, 0.25) is 5.52 Å². The van der Waals surface area contributed by atoms with Gasteiger partial charge in [-0.2, -0.15) is 4.73 Å². The smallest absolute Gasteiger partial charge is 0.334 e. The molecule has 0 aliphatic carbocycles. The summed E-state index contributed by atoms with van der Waals surface area (Å²) in [5, 5.41) is 22.5. The Balaban J connectivity index is 2.85. The van der Waals surface area contributed by atoms with Crippen molar-refractivity contribution in [2.45, 2.75) is 0 Å². The van der Waals surface area contributed by atoms with Crippen LogP contribution in [-0.4, -0.2) is 4.92 Å². The van der Waals surface area contributed by atoms with Crippen molar-refractivity contribution in [3.63, 3.8) is 0 Å². The molecule has 1 heterocycles. The standard InChI is InChI=1S/C9H5BrN2O3/c10-8-2-1-3-9-7(8)4-6(12(14)15)5-11(9)13/h1-5H. The Labute approximate surface area is 92.8 Å². The molecule has 6 heteroatoms. The lowest BCUT2D eigenvalue weighted by Gasteiger charge is -2.02. The van der Waals surface area contributed by atoms with E-state index in [2.05, 4.69) is 15.9 Å². The van der Waals surface area contributed by atoms with E-state index in [9.17, 15) is 15.3 Å². The maximum atomic E-state index is 11.4. The Hall–Kier alpha value is -1.69. The molecular weight excluding hydrogens is 264 g/mol. The number of nitrogens with zero attached hydrogens (tertiary/aromatic N) is 2. The first-order valence-electron chi connectivity index (χ1n) is 4.05. The average Bonchev–Trinajstić information content (AvgIpc) is 2.19. The van der Waals surface area contributed by atoms with Crippen LogP contribution in [0.3, 0.4) is 0 Å². The molecular formula is C9H5BrN2O3. The van der Waals surface area contributed by atoms with Crippen molar-refractivity contribution < 1.29 is 9.65 Å². The Morgan fingerprint density at radius 2 is 2.13 bits per heavy atom. The van der Waals surface area contributed by atoms with E-state index >= 15 is 0 Å². The maximum Gasteiger partial charge on any atom is 0.334 e. The second-order valence-corrected chi connectivity index (χ2v) is 3.81. The summed E-state index contributed by atoms with van der Waals surface area (Å²) < 4.78 is 1.16. The molecule has 5 nitrogen and oxygen atoms in total. The normalized spacial score (nSPS) is 10.5. The van der Waals surface area contributed by atoms with Gasteiger partial charge in [0.25, 0.3) is 6.20 Å². The third-order valence-electron chi connectivity index (χ3n) is 2.02. The average molecular weight is 269 g/mol. The van der Waals surface area contributed by atoms with Crippen molar-refractivity contribution in [1.29, 1.82) is 0 Å². The largest absolute Gasteiger partial charge is 0.618 e. The van der Waals surface area contributed by atoms with Crippen LogP contribution in [0.1, 0.15) is 0 Å². The molecule has 0 saturated carbocycles. The number of benzene rings is 1. The van der Waals surface area contributed by atoms with E-state index in [0.717, 1.165) is 6.20 Å². The number of nitro groups is 1. The number of fused-ring (bicyclic) bond motifs is 1. The summed E-state index contributed by atoms with van der Waals surface area (Å²) in [5.41, 5.74) is 0.180. The molecule has 0 spiro atoms. The van der Waals surface area contributed by atoms with Crippen LogP contribution < -0.4 is 4.73 Å². The van der Waals surface area contributed by atoms with Gasteiger partial charge in [-0.05, 0) is 22.0 Å². The first kappa shape index (κ1) is 9.85. The minimum absolute atomic E-state index is 0.218. The molecule has 0 bridgehead atoms. The van der Waals surface area contributed by atoms with Gasteiger partial charge in [0.05, 0.1) is 10.3 Å². The number of pyridine rings is 1. The first-order valence-corrected chi connectivity index (χ1v) is 4.85. The van der Waals surface area contributed by atoms with E-state index in [1.54, 1.807) is 18.2 Å². The van der Waals surface area contributed by atoms with Crippen LogP contribution in [0.5, 0.6) is 0 Å². The number of hydrogen-bond acceptors (Lipinski definition) is 3. The third-order valence-corrected chi connectivity index (χ3v) is 2.71. The molecule has 0 aliphatic heterocycles. The van der Waals surface area contributed by atoms with Crippen LogP contribution in [0.25, 0.3) is 10.9 Å². The second-order valence-electron chi connectivity index (χ2n) is 2.95. The number of aromatic nitrogens is 1. The molecule has 15 heavy (non-hydrogen) atoms. The van der Waals surface area contributed by atoms with E-state index in [0.29, 0.717) is 20.1 Å². The van der Waals surface area contributed by atoms with Crippen LogP contribution in [-0.2, 0) is 0 Å². The quantitative estimate of drug-likeness (QED) is 0.344. The van der Waals surface area contributed by atoms with Gasteiger partial charge in [0.1, 0.15) is 0 Å². The minimum Gasteiger partial charge on any atom is -0.618 e. The van der Waals surface area contributed by atoms with Gasteiger partial charge >= 0.3 is 5.69 Å². The number of hydrogen-bond donors (Lipinski definition) is 0. The molecule has 0 atom stereocenters. The van der Waals surface area contributed by atoms with Gasteiger partial charge in [-0.1, -0.05) is 6.07 Å². The summed E-state index contributed by atoms with van der Waals surface area (Å²) in [6.07, 6.45) is 0.953. The van der Waals surface area contributed by atoms with Crippen molar-refractivity contribution in [2.75, 3.05) is 0 Å². The molecule has 0 fully saturated rings. The summed E-state index contributed by atoms with van der Waals surface area (Å²) in [5.74, 6) is 0. The molecule has 2 aromatic rings. The molecule has 0 N–H and O–H groups in total. The fourth-order valence-electron chi connectivity index (χ4n) is 1.34. The molecule has 0 saturated heterocycles. The Kier molecular flexibility index (Phi) is 2.28. The summed E-state index contributed by atoms with van der Waals surface area (Å²) in [4.78, 5) is 9.96. The molecule has 1 aromatic carbocycles. The van der Waals surface area contributed by atoms with Gasteiger partial charge in [0, 0.05) is 16.6 Å². The zero-order valence-corrected chi connectivity index (χ0v) is 8.97. The van der Waals surface area contributed by atoms with Gasteiger partial charge in [-0.3, -0.25) is 10.1 Å². The van der Waals surface area contributed by atoms with Crippen molar-refractivity contribution in [1.82, 2.24) is 0 Å². The number of rotatable bonds is 1. The minimum atomic E-state index is -0.590. The van der Waals surface area contributed by atoms with Crippen LogP contribution in [0, 0.1) is 15.3 Å². The van der Waals surface area contributed by atoms with E-state index < -0.39 is 4.92 Å². The zero-order valence-electron chi connectivity index (χ0n) is 7.38. The van der Waals surface area contributed by atoms with Crippen LogP contribution in [0.2, 0.25) is 0 Å². The fraction of sp³-hybridized carbons (Fsp3) is 0. The maximum absolute atomic E-state index is 11.4. The predicted molar refractivity (Wildman–Crippen MR) is 57.3 cm³/mol. The summed E-state index contributed by atoms with van der Waals surface area (Å²) >= 11 is 3.24. The topological polar surface area (TPSA) is 70.1 Å². The summed E-state index contributed by atoms with van der Waals surface area (Å²) in [6, 6.07) is 6.41. The molecule has 2 rings (SSSR count). The van der Waals surface area contributed by atoms with E-state index in [1.165, 1.54) is 6.07 Å². The third kappa shape index (κ3) is 1.63. The van der Waals surface area contributed by atoms with Crippen LogP contribution in [0.4, 0.5) is 5.69 Å². The highest BCUT2D eigenvalue weighted by molar-refractivity contribution is 9.10. The van der Waals surface area contributed by atoms with Crippen LogP contribution in [0.15, 0.2) is 34.9 Å². The van der Waals surface area contributed by atoms with Gasteiger partial charge in [0.15, 0.2) is 0 Å². The molecule has 1 aromatic heterocycles. The highest BCUT2D eigenvalue weighted by Crippen LogP contribution is 2.24. The van der Waals surface area contributed by atoms with E-state index in [1.807, 2.05) is 0 Å².